The van der Waals surface area contributed by atoms with Gasteiger partial charge < -0.3 is 19.5 Å². The molecule has 70 valence electrons. The Morgan fingerprint density at radius 2 is 1.85 bits per heavy atom. The maximum atomic E-state index is 10.8. The molecule has 0 fully saturated rings. The van der Waals surface area contributed by atoms with Gasteiger partial charge in [-0.25, -0.2) is 4.79 Å². The van der Waals surface area contributed by atoms with Crippen molar-refractivity contribution in [2.45, 2.75) is 0 Å². The van der Waals surface area contributed by atoms with E-state index in [1.54, 1.807) is 0 Å². The Morgan fingerprint density at radius 3 is 2.23 bits per heavy atom. The van der Waals surface area contributed by atoms with E-state index in [0.29, 0.717) is 0 Å². The second kappa shape index (κ2) is 3.44. The topological polar surface area (TPSA) is 89.7 Å². The first-order chi connectivity index (χ1) is 6.06. The van der Waals surface area contributed by atoms with Crippen LogP contribution in [0.15, 0.2) is 12.1 Å². The lowest BCUT2D eigenvalue weighted by molar-refractivity contribution is 0.0771. The fourth-order valence-corrected chi connectivity index (χ4v) is 0.888. The van der Waals surface area contributed by atoms with Crippen molar-refractivity contribution < 1.29 is 24.3 Å². The van der Waals surface area contributed by atoms with E-state index in [1.165, 1.54) is 0 Å². The number of thiol groups is 1. The van der Waals surface area contributed by atoms with Gasteiger partial charge in [0.05, 0.1) is 5.56 Å². The molecule has 0 atom stereocenters. The first-order valence-electron chi connectivity index (χ1n) is 3.19. The summed E-state index contributed by atoms with van der Waals surface area (Å²) in [5.74, 6) is -2.23. The largest absolute Gasteiger partial charge is 0.588 e. The molecule has 6 heteroatoms. The monoisotopic (exact) mass is 203 g/mol. The molecule has 1 aromatic carbocycles. The molecule has 0 bridgehead atoms. The molecule has 0 heterocycles. The van der Waals surface area contributed by atoms with Gasteiger partial charge in [0.2, 0.25) is 11.5 Å². The Hall–Kier alpha value is -1.56. The molecule has 0 unspecified atom stereocenters. The zero-order chi connectivity index (χ0) is 10.0. The third kappa shape index (κ3) is 1.78. The summed E-state index contributed by atoms with van der Waals surface area (Å²) >= 11 is 3.26. The average Bonchev–Trinajstić information content (AvgIpc) is 2.12. The van der Waals surface area contributed by atoms with Gasteiger partial charge in [-0.2, -0.15) is 0 Å². The van der Waals surface area contributed by atoms with Gasteiger partial charge in [-0.1, -0.05) is 0 Å². The van der Waals surface area contributed by atoms with Gasteiger partial charge >= 0.3 is 11.7 Å². The van der Waals surface area contributed by atoms with E-state index >= 15 is 0 Å². The first kappa shape index (κ1) is 9.53. The molecule has 0 amide bonds. The van der Waals surface area contributed by atoms with Crippen molar-refractivity contribution in [3.8, 4) is 17.2 Å². The molecule has 0 aliphatic carbocycles. The van der Waals surface area contributed by atoms with E-state index in [4.69, 9.17) is 15.3 Å². The van der Waals surface area contributed by atoms with Crippen LogP contribution >= 0.6 is 12.9 Å². The number of carbonyl (C=O) groups is 1. The standard InChI is InChI=1S/C7H6O5S/c8-4-1-3(7(11)12-13)2-5(9)6(4)10/h1-2,8-10,13H/p+1. The van der Waals surface area contributed by atoms with Crippen LogP contribution in [0.1, 0.15) is 10.4 Å². The predicted molar refractivity (Wildman–Crippen MR) is 47.2 cm³/mol. The third-order valence-corrected chi connectivity index (χ3v) is 1.58. The molecule has 1 aromatic rings. The van der Waals surface area contributed by atoms with Gasteiger partial charge in [-0.3, -0.25) is 0 Å². The van der Waals surface area contributed by atoms with E-state index in [1.807, 2.05) is 0 Å². The van der Waals surface area contributed by atoms with Crippen LogP contribution < -0.4 is 0 Å². The highest BCUT2D eigenvalue weighted by Gasteiger charge is 2.16. The minimum atomic E-state index is -0.811. The van der Waals surface area contributed by atoms with E-state index in [9.17, 15) is 4.79 Å². The van der Waals surface area contributed by atoms with Crippen LogP contribution in [0.2, 0.25) is 0 Å². The van der Waals surface area contributed by atoms with Crippen molar-refractivity contribution in [3.63, 3.8) is 0 Å². The predicted octanol–water partition coefficient (Wildman–Crippen LogP) is 0.537. The number of aromatic hydroxyl groups is 2. The van der Waals surface area contributed by atoms with Crippen molar-refractivity contribution in [2.75, 3.05) is 0 Å². The van der Waals surface area contributed by atoms with Gasteiger partial charge in [0.1, 0.15) is 0 Å². The maximum Gasteiger partial charge on any atom is 0.350 e. The minimum Gasteiger partial charge on any atom is -0.588 e. The van der Waals surface area contributed by atoms with Crippen LogP contribution in [0.3, 0.4) is 0 Å². The molecule has 4 N–H and O–H groups in total. The Balaban J connectivity index is 3.20. The number of phenols is 2. The van der Waals surface area contributed by atoms with Crippen molar-refractivity contribution in [3.05, 3.63) is 17.7 Å². The van der Waals surface area contributed by atoms with Gasteiger partial charge in [0, 0.05) is 25.0 Å². The number of carbonyl (C=O) groups excluding carboxylic acids is 1. The summed E-state index contributed by atoms with van der Waals surface area (Å²) in [7, 11) is 0. The Labute approximate surface area is 78.8 Å². The molecule has 0 saturated carbocycles. The quantitative estimate of drug-likeness (QED) is 0.353. The van der Waals surface area contributed by atoms with E-state index < -0.39 is 23.2 Å². The van der Waals surface area contributed by atoms with Crippen LogP contribution in [-0.2, 0) is 4.18 Å². The molecular formula is C7H7O5S+. The number of hydrogen-bond acceptors (Lipinski definition) is 5. The normalized spacial score (nSPS) is 9.62. The second-order valence-corrected chi connectivity index (χ2v) is 2.45. The summed E-state index contributed by atoms with van der Waals surface area (Å²) < 4.78 is 4.06. The van der Waals surface area contributed by atoms with E-state index in [0.717, 1.165) is 12.1 Å². The van der Waals surface area contributed by atoms with Crippen molar-refractivity contribution in [1.82, 2.24) is 0 Å². The van der Waals surface area contributed by atoms with Crippen LogP contribution in [0.5, 0.6) is 17.2 Å². The molecule has 13 heavy (non-hydrogen) atoms. The Morgan fingerprint density at radius 1 is 1.38 bits per heavy atom. The van der Waals surface area contributed by atoms with Crippen molar-refractivity contribution in [2.24, 2.45) is 0 Å². The molecule has 0 radical (unpaired) electrons. The van der Waals surface area contributed by atoms with Gasteiger partial charge in [0.15, 0.2) is 0 Å². The van der Waals surface area contributed by atoms with Crippen LogP contribution in [0.25, 0.3) is 0 Å². The van der Waals surface area contributed by atoms with Gasteiger partial charge in [-0.15, -0.1) is 0 Å². The van der Waals surface area contributed by atoms with Crippen molar-refractivity contribution >= 4 is 18.9 Å². The third-order valence-electron chi connectivity index (χ3n) is 1.42. The maximum absolute atomic E-state index is 10.8. The van der Waals surface area contributed by atoms with Crippen LogP contribution in [-0.4, -0.2) is 21.3 Å². The summed E-state index contributed by atoms with van der Waals surface area (Å²) in [5.41, 5.74) is -0.0685. The molecular weight excluding hydrogens is 196 g/mol. The van der Waals surface area contributed by atoms with Gasteiger partial charge in [-0.05, 0) is 0 Å². The highest BCUT2D eigenvalue weighted by atomic mass is 32.1. The molecule has 0 aromatic heterocycles. The summed E-state index contributed by atoms with van der Waals surface area (Å²) in [6.07, 6.45) is 0. The zero-order valence-corrected chi connectivity index (χ0v) is 7.21. The first-order valence-corrected chi connectivity index (χ1v) is 3.56. The Kier molecular flexibility index (Phi) is 2.52. The van der Waals surface area contributed by atoms with Crippen LogP contribution in [0, 0.1) is 0 Å². The molecule has 0 spiro atoms. The summed E-state index contributed by atoms with van der Waals surface area (Å²) in [6, 6.07) is 2.03. The lowest BCUT2D eigenvalue weighted by Gasteiger charge is -2.00. The number of phenolic OH excluding ortho intramolecular Hbond substituents is 2. The zero-order valence-electron chi connectivity index (χ0n) is 6.31. The lowest BCUT2D eigenvalue weighted by atomic mass is 10.2. The van der Waals surface area contributed by atoms with Crippen LogP contribution in [0.4, 0.5) is 0 Å². The summed E-state index contributed by atoms with van der Waals surface area (Å²) in [5, 5.41) is 25.2. The number of benzene rings is 1. The highest BCUT2D eigenvalue weighted by molar-refractivity contribution is 7.75. The van der Waals surface area contributed by atoms with Crippen molar-refractivity contribution in [1.29, 1.82) is 0 Å². The van der Waals surface area contributed by atoms with E-state index in [-0.39, 0.29) is 5.56 Å². The fraction of sp³-hybridized carbons (Fsp3) is 0. The fourth-order valence-electron chi connectivity index (χ4n) is 0.782. The molecule has 5 nitrogen and oxygen atoms in total. The molecule has 0 saturated heterocycles. The van der Waals surface area contributed by atoms with E-state index in [2.05, 4.69) is 17.1 Å². The average molecular weight is 203 g/mol. The minimum absolute atomic E-state index is 0.0685. The lowest BCUT2D eigenvalue weighted by Crippen LogP contribution is -1.97. The van der Waals surface area contributed by atoms with Gasteiger partial charge in [0.25, 0.3) is 0 Å². The summed E-state index contributed by atoms with van der Waals surface area (Å²) in [6.45, 7) is 0. The molecule has 0 aliphatic heterocycles. The highest BCUT2D eigenvalue weighted by Crippen LogP contribution is 2.35. The summed E-state index contributed by atoms with van der Waals surface area (Å²) in [4.78, 5) is 10.8. The number of hydrogen-bond donors (Lipinski definition) is 3. The molecule has 1 rings (SSSR count). The molecule has 0 aliphatic rings. The Bertz CT molecular complexity index is 326. The SMILES string of the molecule is O=C(OS)c1cc(O)c([OH2+])c(O)c1. The number of rotatable bonds is 1. The second-order valence-electron chi connectivity index (χ2n) is 2.27. The smallest absolute Gasteiger partial charge is 0.350 e.